The Kier molecular flexibility index (Phi) is 5.08. The van der Waals surface area contributed by atoms with Gasteiger partial charge < -0.3 is 20.5 Å². The average Bonchev–Trinajstić information content (AvgIpc) is 3.21. The molecule has 1 amide bonds. The van der Waals surface area contributed by atoms with Crippen molar-refractivity contribution in [3.05, 3.63) is 29.8 Å². The van der Waals surface area contributed by atoms with Gasteiger partial charge in [0.2, 0.25) is 0 Å². The van der Waals surface area contributed by atoms with Crippen molar-refractivity contribution >= 4 is 11.6 Å². The van der Waals surface area contributed by atoms with Gasteiger partial charge in [-0.1, -0.05) is 12.1 Å². The number of benzene rings is 1. The summed E-state index contributed by atoms with van der Waals surface area (Å²) in [5, 5.41) is 2.92. The quantitative estimate of drug-likeness (QED) is 0.808. The standard InChI is InChI=1S/C17H24N2O3/c18-9-15-6-7-16(22-15)17(20)19-14-3-1-2-13(8-14)11-21-10-12-4-5-12/h1-3,8,12,15-16H,4-7,9-11,18H2,(H,19,20)/t15-,16+/m1/s1. The highest BCUT2D eigenvalue weighted by atomic mass is 16.5. The lowest BCUT2D eigenvalue weighted by atomic mass is 10.1. The molecule has 2 atom stereocenters. The monoisotopic (exact) mass is 304 g/mol. The summed E-state index contributed by atoms with van der Waals surface area (Å²) in [5.74, 6) is 0.671. The van der Waals surface area contributed by atoms with Crippen molar-refractivity contribution in [2.45, 2.75) is 44.5 Å². The second kappa shape index (κ2) is 7.22. The third kappa shape index (κ3) is 4.29. The highest BCUT2D eigenvalue weighted by Crippen LogP contribution is 2.29. The summed E-state index contributed by atoms with van der Waals surface area (Å²) in [6, 6.07) is 7.79. The lowest BCUT2D eigenvalue weighted by molar-refractivity contribution is -0.126. The Morgan fingerprint density at radius 3 is 2.91 bits per heavy atom. The summed E-state index contributed by atoms with van der Waals surface area (Å²) < 4.78 is 11.3. The molecule has 2 aliphatic rings. The predicted molar refractivity (Wildman–Crippen MR) is 84.4 cm³/mol. The Hall–Kier alpha value is -1.43. The van der Waals surface area contributed by atoms with Crippen molar-refractivity contribution in [2.24, 2.45) is 11.7 Å². The molecule has 120 valence electrons. The number of ether oxygens (including phenoxy) is 2. The fourth-order valence-corrected chi connectivity index (χ4v) is 2.66. The molecule has 1 aromatic carbocycles. The highest BCUT2D eigenvalue weighted by Gasteiger charge is 2.29. The van der Waals surface area contributed by atoms with Crippen LogP contribution in [0.15, 0.2) is 24.3 Å². The van der Waals surface area contributed by atoms with Crippen molar-refractivity contribution in [1.82, 2.24) is 0 Å². The molecule has 22 heavy (non-hydrogen) atoms. The average molecular weight is 304 g/mol. The molecule has 1 saturated carbocycles. The van der Waals surface area contributed by atoms with Gasteiger partial charge in [-0.2, -0.15) is 0 Å². The third-order valence-corrected chi connectivity index (χ3v) is 4.18. The van der Waals surface area contributed by atoms with Gasteiger partial charge >= 0.3 is 0 Å². The molecule has 0 aromatic heterocycles. The fourth-order valence-electron chi connectivity index (χ4n) is 2.66. The fraction of sp³-hybridized carbons (Fsp3) is 0.588. The van der Waals surface area contributed by atoms with Gasteiger partial charge in [-0.15, -0.1) is 0 Å². The van der Waals surface area contributed by atoms with Gasteiger partial charge in [0.1, 0.15) is 6.10 Å². The SMILES string of the molecule is NC[C@H]1CC[C@@H](C(=O)Nc2cccc(COCC3CC3)c2)O1. The van der Waals surface area contributed by atoms with Crippen LogP contribution >= 0.6 is 0 Å². The van der Waals surface area contributed by atoms with Gasteiger partial charge in [-0.3, -0.25) is 4.79 Å². The van der Waals surface area contributed by atoms with E-state index in [-0.39, 0.29) is 18.1 Å². The van der Waals surface area contributed by atoms with E-state index in [2.05, 4.69) is 5.32 Å². The first kappa shape index (κ1) is 15.5. The van der Waals surface area contributed by atoms with Crippen LogP contribution in [0, 0.1) is 5.92 Å². The van der Waals surface area contributed by atoms with Gasteiger partial charge in [0.05, 0.1) is 12.7 Å². The molecular weight excluding hydrogens is 280 g/mol. The molecule has 3 rings (SSSR count). The van der Waals surface area contributed by atoms with Gasteiger partial charge in [0.25, 0.3) is 5.91 Å². The number of hydrogen-bond acceptors (Lipinski definition) is 4. The van der Waals surface area contributed by atoms with Crippen LogP contribution < -0.4 is 11.1 Å². The summed E-state index contributed by atoms with van der Waals surface area (Å²) in [6.45, 7) is 1.90. The zero-order valence-electron chi connectivity index (χ0n) is 12.8. The Morgan fingerprint density at radius 1 is 1.32 bits per heavy atom. The van der Waals surface area contributed by atoms with Gasteiger partial charge in [0, 0.05) is 18.8 Å². The van der Waals surface area contributed by atoms with Crippen LogP contribution in [-0.4, -0.2) is 31.3 Å². The first-order valence-corrected chi connectivity index (χ1v) is 8.07. The predicted octanol–water partition coefficient (Wildman–Crippen LogP) is 2.06. The van der Waals surface area contributed by atoms with E-state index in [1.165, 1.54) is 12.8 Å². The second-order valence-corrected chi connectivity index (χ2v) is 6.21. The minimum atomic E-state index is -0.386. The van der Waals surface area contributed by atoms with Crippen LogP contribution in [0.3, 0.4) is 0 Å². The Labute approximate surface area is 131 Å². The van der Waals surface area contributed by atoms with Gasteiger partial charge in [0.15, 0.2) is 0 Å². The summed E-state index contributed by atoms with van der Waals surface area (Å²) in [7, 11) is 0. The van der Waals surface area contributed by atoms with E-state index in [1.54, 1.807) is 0 Å². The van der Waals surface area contributed by atoms with Crippen molar-refractivity contribution < 1.29 is 14.3 Å². The smallest absolute Gasteiger partial charge is 0.253 e. The summed E-state index contributed by atoms with van der Waals surface area (Å²) >= 11 is 0. The first-order chi connectivity index (χ1) is 10.7. The zero-order chi connectivity index (χ0) is 15.4. The molecule has 0 radical (unpaired) electrons. The molecule has 1 aliphatic carbocycles. The van der Waals surface area contributed by atoms with Crippen LogP contribution in [0.5, 0.6) is 0 Å². The molecule has 1 heterocycles. The molecule has 0 bridgehead atoms. The number of nitrogens with two attached hydrogens (primary N) is 1. The molecule has 1 saturated heterocycles. The van der Waals surface area contributed by atoms with Crippen molar-refractivity contribution in [3.63, 3.8) is 0 Å². The van der Waals surface area contributed by atoms with E-state index in [0.717, 1.165) is 36.6 Å². The molecular formula is C17H24N2O3. The number of rotatable bonds is 7. The Morgan fingerprint density at radius 2 is 2.18 bits per heavy atom. The number of nitrogens with one attached hydrogen (secondary N) is 1. The molecule has 0 spiro atoms. The van der Waals surface area contributed by atoms with E-state index in [4.69, 9.17) is 15.2 Å². The number of anilines is 1. The van der Waals surface area contributed by atoms with Crippen LogP contribution in [0.4, 0.5) is 5.69 Å². The second-order valence-electron chi connectivity index (χ2n) is 6.21. The summed E-state index contributed by atoms with van der Waals surface area (Å²) in [5.41, 5.74) is 7.43. The van der Waals surface area contributed by atoms with Crippen LogP contribution in [0.2, 0.25) is 0 Å². The lowest BCUT2D eigenvalue weighted by Gasteiger charge is -2.13. The van der Waals surface area contributed by atoms with E-state index in [0.29, 0.717) is 13.2 Å². The maximum absolute atomic E-state index is 12.2. The maximum atomic E-state index is 12.2. The zero-order valence-corrected chi connectivity index (χ0v) is 12.8. The molecule has 2 fully saturated rings. The molecule has 1 aliphatic heterocycles. The van der Waals surface area contributed by atoms with E-state index in [1.807, 2.05) is 24.3 Å². The van der Waals surface area contributed by atoms with Crippen LogP contribution in [0.1, 0.15) is 31.2 Å². The molecule has 5 nitrogen and oxygen atoms in total. The van der Waals surface area contributed by atoms with Crippen LogP contribution in [-0.2, 0) is 20.9 Å². The number of amides is 1. The maximum Gasteiger partial charge on any atom is 0.253 e. The van der Waals surface area contributed by atoms with Crippen molar-refractivity contribution in [1.29, 1.82) is 0 Å². The number of carbonyl (C=O) groups is 1. The van der Waals surface area contributed by atoms with E-state index < -0.39 is 0 Å². The minimum absolute atomic E-state index is 0.0120. The third-order valence-electron chi connectivity index (χ3n) is 4.18. The summed E-state index contributed by atoms with van der Waals surface area (Å²) in [6.07, 6.45) is 3.80. The number of hydrogen-bond donors (Lipinski definition) is 2. The first-order valence-electron chi connectivity index (χ1n) is 8.07. The lowest BCUT2D eigenvalue weighted by Crippen LogP contribution is -2.29. The Balaban J connectivity index is 1.49. The highest BCUT2D eigenvalue weighted by molar-refractivity contribution is 5.94. The topological polar surface area (TPSA) is 73.6 Å². The number of carbonyl (C=O) groups excluding carboxylic acids is 1. The minimum Gasteiger partial charge on any atom is -0.376 e. The van der Waals surface area contributed by atoms with Crippen molar-refractivity contribution in [2.75, 3.05) is 18.5 Å². The molecule has 1 aromatic rings. The van der Waals surface area contributed by atoms with Crippen molar-refractivity contribution in [3.8, 4) is 0 Å². The molecule has 3 N–H and O–H groups in total. The normalized spacial score (nSPS) is 24.4. The molecule has 0 unspecified atom stereocenters. The van der Waals surface area contributed by atoms with Gasteiger partial charge in [-0.05, 0) is 49.3 Å². The summed E-state index contributed by atoms with van der Waals surface area (Å²) in [4.78, 5) is 12.2. The Bertz CT molecular complexity index is 516. The van der Waals surface area contributed by atoms with E-state index in [9.17, 15) is 4.79 Å². The van der Waals surface area contributed by atoms with E-state index >= 15 is 0 Å². The largest absolute Gasteiger partial charge is 0.376 e. The van der Waals surface area contributed by atoms with Gasteiger partial charge in [-0.25, -0.2) is 0 Å². The van der Waals surface area contributed by atoms with Crippen LogP contribution in [0.25, 0.3) is 0 Å². The molecule has 5 heteroatoms.